The van der Waals surface area contributed by atoms with E-state index in [1.807, 2.05) is 10.9 Å². The second-order valence-corrected chi connectivity index (χ2v) is 10.7. The van der Waals surface area contributed by atoms with Gasteiger partial charge in [0.15, 0.2) is 0 Å². The molecule has 1 saturated carbocycles. The predicted octanol–water partition coefficient (Wildman–Crippen LogP) is 3.92. The Kier molecular flexibility index (Phi) is 6.26. The minimum Gasteiger partial charge on any atom is -0.301 e. The third-order valence-electron chi connectivity index (χ3n) is 7.65. The Hall–Kier alpha value is -1.24. The maximum Gasteiger partial charge on any atom is 0.262 e. The van der Waals surface area contributed by atoms with Crippen LogP contribution in [0.3, 0.4) is 0 Å². The number of hydrogen-bond acceptors (Lipinski definition) is 5. The molecule has 1 saturated heterocycles. The summed E-state index contributed by atoms with van der Waals surface area (Å²) >= 11 is 1.78. The molecule has 2 aromatic heterocycles. The van der Waals surface area contributed by atoms with Crippen LogP contribution in [0, 0.1) is 5.92 Å². The van der Waals surface area contributed by atoms with E-state index in [0.29, 0.717) is 12.0 Å². The Balaban J connectivity index is 1.32. The van der Waals surface area contributed by atoms with Gasteiger partial charge >= 0.3 is 0 Å². The molecule has 5 nitrogen and oxygen atoms in total. The number of nitrogens with zero attached hydrogens (tertiary/aromatic N) is 4. The number of thiophene rings is 1. The van der Waals surface area contributed by atoms with Crippen molar-refractivity contribution < 1.29 is 0 Å². The van der Waals surface area contributed by atoms with Crippen LogP contribution in [-0.4, -0.2) is 58.1 Å². The molecule has 164 valence electrons. The average Bonchev–Trinajstić information content (AvgIpc) is 3.16. The first kappa shape index (κ1) is 20.7. The van der Waals surface area contributed by atoms with E-state index in [1.165, 1.54) is 88.1 Å². The van der Waals surface area contributed by atoms with Crippen molar-refractivity contribution in [1.82, 2.24) is 19.4 Å². The lowest BCUT2D eigenvalue weighted by Gasteiger charge is -2.40. The van der Waals surface area contributed by atoms with Gasteiger partial charge in [0.2, 0.25) is 0 Å². The number of aryl methyl sites for hydroxylation is 1. The van der Waals surface area contributed by atoms with E-state index in [1.54, 1.807) is 11.3 Å². The van der Waals surface area contributed by atoms with Crippen molar-refractivity contribution in [3.63, 3.8) is 0 Å². The van der Waals surface area contributed by atoms with Crippen LogP contribution in [0.4, 0.5) is 0 Å². The smallest absolute Gasteiger partial charge is 0.262 e. The second kappa shape index (κ2) is 9.09. The van der Waals surface area contributed by atoms with Gasteiger partial charge in [-0.15, -0.1) is 11.3 Å². The van der Waals surface area contributed by atoms with Gasteiger partial charge in [0, 0.05) is 43.6 Å². The minimum absolute atomic E-state index is 0.217. The number of aromatic nitrogens is 2. The van der Waals surface area contributed by atoms with E-state index in [-0.39, 0.29) is 5.56 Å². The number of fused-ring (bicyclic) bond motifs is 3. The molecular formula is C24H36N4OS. The number of rotatable bonds is 5. The standard InChI is InChI=1S/C24H36N4OS/c1-2-10-26-11-13-27(14-12-26)19-8-9-20-21(15-19)30-23-22(20)24(29)28(17-25-23)16-18-6-4-3-5-7-18/h17-19H,2-16H2,1H3. The van der Waals surface area contributed by atoms with Crippen LogP contribution in [0.15, 0.2) is 11.1 Å². The van der Waals surface area contributed by atoms with Crippen LogP contribution in [0.25, 0.3) is 10.2 Å². The maximum absolute atomic E-state index is 13.3. The molecule has 5 rings (SSSR count). The summed E-state index contributed by atoms with van der Waals surface area (Å²) in [6, 6.07) is 0.638. The van der Waals surface area contributed by atoms with Crippen LogP contribution in [0.1, 0.15) is 62.3 Å². The molecule has 2 fully saturated rings. The summed E-state index contributed by atoms with van der Waals surface area (Å²) < 4.78 is 1.92. The summed E-state index contributed by atoms with van der Waals surface area (Å²) in [7, 11) is 0. The van der Waals surface area contributed by atoms with Crippen LogP contribution in [0.2, 0.25) is 0 Å². The van der Waals surface area contributed by atoms with E-state index in [2.05, 4.69) is 16.7 Å². The molecule has 3 heterocycles. The first-order valence-corrected chi connectivity index (χ1v) is 13.0. The monoisotopic (exact) mass is 428 g/mol. The van der Waals surface area contributed by atoms with E-state index >= 15 is 0 Å². The lowest BCUT2D eigenvalue weighted by molar-refractivity contribution is 0.0902. The van der Waals surface area contributed by atoms with Gasteiger partial charge in [-0.2, -0.15) is 0 Å². The minimum atomic E-state index is 0.217. The summed E-state index contributed by atoms with van der Waals surface area (Å²) in [4.78, 5) is 25.8. The first-order chi connectivity index (χ1) is 14.7. The highest BCUT2D eigenvalue weighted by Gasteiger charge is 2.30. The summed E-state index contributed by atoms with van der Waals surface area (Å²) in [5.74, 6) is 0.654. The van der Waals surface area contributed by atoms with Gasteiger partial charge in [0.25, 0.3) is 5.56 Å². The molecule has 0 amide bonds. The highest BCUT2D eigenvalue weighted by Crippen LogP contribution is 2.35. The normalized spacial score (nSPS) is 24.4. The van der Waals surface area contributed by atoms with E-state index < -0.39 is 0 Å². The molecule has 0 N–H and O–H groups in total. The zero-order valence-corrected chi connectivity index (χ0v) is 19.3. The maximum atomic E-state index is 13.3. The van der Waals surface area contributed by atoms with Crippen LogP contribution in [0.5, 0.6) is 0 Å². The lowest BCUT2D eigenvalue weighted by atomic mass is 9.89. The third kappa shape index (κ3) is 4.11. The Morgan fingerprint density at radius 1 is 1.10 bits per heavy atom. The largest absolute Gasteiger partial charge is 0.301 e. The van der Waals surface area contributed by atoms with Gasteiger partial charge in [-0.25, -0.2) is 4.98 Å². The van der Waals surface area contributed by atoms with Crippen LogP contribution in [-0.2, 0) is 19.4 Å². The van der Waals surface area contributed by atoms with Crippen molar-refractivity contribution in [1.29, 1.82) is 0 Å². The van der Waals surface area contributed by atoms with Gasteiger partial charge < -0.3 is 4.90 Å². The summed E-state index contributed by atoms with van der Waals surface area (Å²) in [6.07, 6.45) is 12.9. The van der Waals surface area contributed by atoms with Gasteiger partial charge in [0.1, 0.15) is 4.83 Å². The van der Waals surface area contributed by atoms with Crippen molar-refractivity contribution in [2.45, 2.75) is 77.3 Å². The summed E-state index contributed by atoms with van der Waals surface area (Å²) in [5.41, 5.74) is 1.54. The first-order valence-electron chi connectivity index (χ1n) is 12.2. The molecule has 0 radical (unpaired) electrons. The molecule has 0 spiro atoms. The van der Waals surface area contributed by atoms with Crippen molar-refractivity contribution in [2.24, 2.45) is 5.92 Å². The Morgan fingerprint density at radius 3 is 2.67 bits per heavy atom. The third-order valence-corrected chi connectivity index (χ3v) is 8.81. The van der Waals surface area contributed by atoms with Gasteiger partial charge in [0.05, 0.1) is 11.7 Å². The van der Waals surface area contributed by atoms with Crippen molar-refractivity contribution in [3.8, 4) is 0 Å². The quantitative estimate of drug-likeness (QED) is 0.724. The topological polar surface area (TPSA) is 41.4 Å². The van der Waals surface area contributed by atoms with Crippen molar-refractivity contribution in [2.75, 3.05) is 32.7 Å². The van der Waals surface area contributed by atoms with E-state index in [9.17, 15) is 4.79 Å². The molecule has 1 atom stereocenters. The molecule has 0 bridgehead atoms. The van der Waals surface area contributed by atoms with Gasteiger partial charge in [-0.3, -0.25) is 14.3 Å². The fourth-order valence-corrected chi connectivity index (χ4v) is 7.19. The molecule has 0 aromatic carbocycles. The fourth-order valence-electron chi connectivity index (χ4n) is 5.94. The Bertz CT molecular complexity index is 921. The lowest BCUT2D eigenvalue weighted by Crippen LogP contribution is -2.51. The molecular weight excluding hydrogens is 392 g/mol. The SMILES string of the molecule is CCCN1CCN(C2CCc3c(sc4ncn(CC5CCCCC5)c(=O)c34)C2)CC1. The number of hydrogen-bond donors (Lipinski definition) is 0. The fraction of sp³-hybridized carbons (Fsp3) is 0.750. The summed E-state index contributed by atoms with van der Waals surface area (Å²) in [5, 5.41) is 0.944. The van der Waals surface area contributed by atoms with Gasteiger partial charge in [-0.1, -0.05) is 26.2 Å². The Morgan fingerprint density at radius 2 is 1.90 bits per heavy atom. The molecule has 2 aliphatic carbocycles. The molecule has 3 aliphatic rings. The molecule has 1 aliphatic heterocycles. The molecule has 6 heteroatoms. The zero-order valence-electron chi connectivity index (χ0n) is 18.4. The van der Waals surface area contributed by atoms with Crippen LogP contribution >= 0.6 is 11.3 Å². The highest BCUT2D eigenvalue weighted by molar-refractivity contribution is 7.18. The Labute approximate surface area is 184 Å². The molecule has 30 heavy (non-hydrogen) atoms. The van der Waals surface area contributed by atoms with E-state index in [4.69, 9.17) is 4.98 Å². The average molecular weight is 429 g/mol. The predicted molar refractivity (Wildman–Crippen MR) is 125 cm³/mol. The van der Waals surface area contributed by atoms with Crippen molar-refractivity contribution in [3.05, 3.63) is 27.1 Å². The van der Waals surface area contributed by atoms with E-state index in [0.717, 1.165) is 29.6 Å². The van der Waals surface area contributed by atoms with Gasteiger partial charge in [-0.05, 0) is 56.6 Å². The highest BCUT2D eigenvalue weighted by atomic mass is 32.1. The summed E-state index contributed by atoms with van der Waals surface area (Å²) in [6.45, 7) is 9.16. The molecule has 1 unspecified atom stereocenters. The zero-order chi connectivity index (χ0) is 20.5. The number of piperazine rings is 1. The second-order valence-electron chi connectivity index (χ2n) is 9.66. The van der Waals surface area contributed by atoms with Crippen LogP contribution < -0.4 is 5.56 Å². The van der Waals surface area contributed by atoms with Crippen molar-refractivity contribution >= 4 is 21.6 Å². The molecule has 2 aromatic rings.